The second-order valence-electron chi connectivity index (χ2n) is 7.10. The zero-order valence-electron chi connectivity index (χ0n) is 15.3. The maximum atomic E-state index is 5.88. The van der Waals surface area contributed by atoms with Crippen molar-refractivity contribution in [1.82, 2.24) is 5.16 Å². The van der Waals surface area contributed by atoms with Crippen molar-refractivity contribution in [2.75, 3.05) is 7.11 Å². The van der Waals surface area contributed by atoms with Gasteiger partial charge in [0, 0.05) is 23.5 Å². The van der Waals surface area contributed by atoms with Crippen molar-refractivity contribution in [3.63, 3.8) is 0 Å². The van der Waals surface area contributed by atoms with Crippen LogP contribution in [0, 0.1) is 0 Å². The molecule has 1 aromatic heterocycles. The molecule has 0 radical (unpaired) electrons. The lowest BCUT2D eigenvalue weighted by molar-refractivity contribution is 0.385. The molecule has 0 unspecified atom stereocenters. The predicted molar refractivity (Wildman–Crippen MR) is 104 cm³/mol. The van der Waals surface area contributed by atoms with Gasteiger partial charge in [-0.25, -0.2) is 0 Å². The first-order valence-electron chi connectivity index (χ1n) is 9.52. The normalized spacial score (nSPS) is 15.1. The summed E-state index contributed by atoms with van der Waals surface area (Å²) in [5.74, 6) is 2.33. The lowest BCUT2D eigenvalue weighted by atomic mass is 9.84. The summed E-state index contributed by atoms with van der Waals surface area (Å²) in [6.07, 6.45) is 7.20. The summed E-state index contributed by atoms with van der Waals surface area (Å²) >= 11 is 0. The molecule has 0 bridgehead atoms. The van der Waals surface area contributed by atoms with Crippen molar-refractivity contribution in [3.05, 3.63) is 71.4 Å². The Hall–Kier alpha value is -2.55. The molecule has 0 spiro atoms. The summed E-state index contributed by atoms with van der Waals surface area (Å²) in [5, 5.41) is 4.55. The van der Waals surface area contributed by atoms with Crippen LogP contribution in [0.15, 0.2) is 59.1 Å². The quantitative estimate of drug-likeness (QED) is 0.569. The first kappa shape index (κ1) is 16.9. The molecule has 1 saturated carbocycles. The molecule has 1 aliphatic rings. The highest BCUT2D eigenvalue weighted by Crippen LogP contribution is 2.38. The molecule has 1 heterocycles. The summed E-state index contributed by atoms with van der Waals surface area (Å²) in [4.78, 5) is 0. The maximum absolute atomic E-state index is 5.88. The van der Waals surface area contributed by atoms with E-state index in [1.807, 2.05) is 18.2 Å². The molecule has 3 heteroatoms. The van der Waals surface area contributed by atoms with Crippen molar-refractivity contribution in [2.45, 2.75) is 44.4 Å². The monoisotopic (exact) mass is 347 g/mol. The Bertz CT molecular complexity index is 830. The SMILES string of the molecule is COc1ccc(Cc2c(C3CCCCC3)noc2-c2ccccc2)cc1. The van der Waals surface area contributed by atoms with Gasteiger partial charge in [-0.05, 0) is 30.5 Å². The largest absolute Gasteiger partial charge is 0.497 e. The fraction of sp³-hybridized carbons (Fsp3) is 0.348. The Morgan fingerprint density at radius 1 is 0.962 bits per heavy atom. The van der Waals surface area contributed by atoms with E-state index in [2.05, 4.69) is 41.6 Å². The van der Waals surface area contributed by atoms with Crippen LogP contribution in [-0.4, -0.2) is 12.3 Å². The molecule has 0 aliphatic heterocycles. The van der Waals surface area contributed by atoms with Gasteiger partial charge in [0.25, 0.3) is 0 Å². The number of benzene rings is 2. The molecule has 0 atom stereocenters. The van der Waals surface area contributed by atoms with Crippen LogP contribution in [0.25, 0.3) is 11.3 Å². The van der Waals surface area contributed by atoms with E-state index in [1.165, 1.54) is 48.9 Å². The van der Waals surface area contributed by atoms with Crippen LogP contribution in [-0.2, 0) is 6.42 Å². The fourth-order valence-corrected chi connectivity index (χ4v) is 3.95. The molecule has 3 nitrogen and oxygen atoms in total. The number of ether oxygens (including phenoxy) is 1. The summed E-state index contributed by atoms with van der Waals surface area (Å²) < 4.78 is 11.2. The Balaban J connectivity index is 1.71. The topological polar surface area (TPSA) is 35.3 Å². The van der Waals surface area contributed by atoms with Crippen LogP contribution in [0.4, 0.5) is 0 Å². The molecule has 134 valence electrons. The lowest BCUT2D eigenvalue weighted by Crippen LogP contribution is -2.07. The van der Waals surface area contributed by atoms with Gasteiger partial charge in [0.2, 0.25) is 0 Å². The summed E-state index contributed by atoms with van der Waals surface area (Å²) in [5.41, 5.74) is 4.77. The predicted octanol–water partition coefficient (Wildman–Crippen LogP) is 5.99. The molecule has 0 N–H and O–H groups in total. The van der Waals surface area contributed by atoms with Gasteiger partial charge in [-0.3, -0.25) is 0 Å². The van der Waals surface area contributed by atoms with Crippen molar-refractivity contribution in [1.29, 1.82) is 0 Å². The molecule has 4 rings (SSSR count). The van der Waals surface area contributed by atoms with Crippen LogP contribution in [0.2, 0.25) is 0 Å². The summed E-state index contributed by atoms with van der Waals surface area (Å²) in [6, 6.07) is 18.6. The first-order chi connectivity index (χ1) is 12.8. The van der Waals surface area contributed by atoms with Gasteiger partial charge in [0.15, 0.2) is 5.76 Å². The zero-order valence-corrected chi connectivity index (χ0v) is 15.3. The van der Waals surface area contributed by atoms with Gasteiger partial charge >= 0.3 is 0 Å². The standard InChI is InChI=1S/C23H25NO2/c1-25-20-14-12-17(13-15-20)16-21-22(18-8-4-2-5-9-18)24-26-23(21)19-10-6-3-7-11-19/h3,6-7,10-15,18H,2,4-5,8-9,16H2,1H3. The third-order valence-electron chi connectivity index (χ3n) is 5.39. The molecular weight excluding hydrogens is 322 g/mol. The molecule has 3 aromatic rings. The minimum absolute atomic E-state index is 0.526. The Morgan fingerprint density at radius 3 is 2.38 bits per heavy atom. The average molecular weight is 347 g/mol. The third-order valence-corrected chi connectivity index (χ3v) is 5.39. The van der Waals surface area contributed by atoms with E-state index in [9.17, 15) is 0 Å². The van der Waals surface area contributed by atoms with E-state index >= 15 is 0 Å². The van der Waals surface area contributed by atoms with Crippen LogP contribution < -0.4 is 4.74 Å². The minimum atomic E-state index is 0.526. The summed E-state index contributed by atoms with van der Waals surface area (Å²) in [6.45, 7) is 0. The fourth-order valence-electron chi connectivity index (χ4n) is 3.95. The highest BCUT2D eigenvalue weighted by atomic mass is 16.5. The molecular formula is C23H25NO2. The number of hydrogen-bond acceptors (Lipinski definition) is 3. The smallest absolute Gasteiger partial charge is 0.170 e. The van der Waals surface area contributed by atoms with Crippen molar-refractivity contribution >= 4 is 0 Å². The number of aromatic nitrogens is 1. The third kappa shape index (κ3) is 3.52. The number of rotatable bonds is 5. The van der Waals surface area contributed by atoms with Crippen LogP contribution in [0.1, 0.15) is 54.8 Å². The van der Waals surface area contributed by atoms with Gasteiger partial charge in [0.1, 0.15) is 5.75 Å². The van der Waals surface area contributed by atoms with Crippen molar-refractivity contribution in [2.24, 2.45) is 0 Å². The van der Waals surface area contributed by atoms with Crippen molar-refractivity contribution < 1.29 is 9.26 Å². The van der Waals surface area contributed by atoms with Crippen LogP contribution in [0.5, 0.6) is 5.75 Å². The van der Waals surface area contributed by atoms with Crippen LogP contribution in [0.3, 0.4) is 0 Å². The Labute approximate surface area is 155 Å². The van der Waals surface area contributed by atoms with Gasteiger partial charge in [-0.1, -0.05) is 66.9 Å². The second-order valence-corrected chi connectivity index (χ2v) is 7.10. The maximum Gasteiger partial charge on any atom is 0.170 e. The minimum Gasteiger partial charge on any atom is -0.497 e. The lowest BCUT2D eigenvalue weighted by Gasteiger charge is -2.20. The van der Waals surface area contributed by atoms with E-state index in [1.54, 1.807) is 7.11 Å². The highest BCUT2D eigenvalue weighted by molar-refractivity contribution is 5.63. The van der Waals surface area contributed by atoms with Gasteiger partial charge < -0.3 is 9.26 Å². The average Bonchev–Trinajstić information content (AvgIpc) is 3.13. The molecule has 2 aromatic carbocycles. The number of methoxy groups -OCH3 is 1. The van der Waals surface area contributed by atoms with E-state index < -0.39 is 0 Å². The van der Waals surface area contributed by atoms with Crippen LogP contribution >= 0.6 is 0 Å². The Kier molecular flexibility index (Phi) is 5.05. The van der Waals surface area contributed by atoms with E-state index in [-0.39, 0.29) is 0 Å². The molecule has 1 fully saturated rings. The second kappa shape index (κ2) is 7.77. The first-order valence-corrected chi connectivity index (χ1v) is 9.52. The van der Waals surface area contributed by atoms with Crippen molar-refractivity contribution in [3.8, 4) is 17.1 Å². The van der Waals surface area contributed by atoms with E-state index in [0.29, 0.717) is 5.92 Å². The highest BCUT2D eigenvalue weighted by Gasteiger charge is 2.26. The molecule has 26 heavy (non-hydrogen) atoms. The van der Waals surface area contributed by atoms with Gasteiger partial charge in [0.05, 0.1) is 12.8 Å². The molecule has 0 amide bonds. The molecule has 0 saturated heterocycles. The van der Waals surface area contributed by atoms with Gasteiger partial charge in [-0.15, -0.1) is 0 Å². The number of nitrogens with zero attached hydrogens (tertiary/aromatic N) is 1. The van der Waals surface area contributed by atoms with E-state index in [0.717, 1.165) is 23.5 Å². The van der Waals surface area contributed by atoms with E-state index in [4.69, 9.17) is 9.26 Å². The van der Waals surface area contributed by atoms with Gasteiger partial charge in [-0.2, -0.15) is 0 Å². The number of hydrogen-bond donors (Lipinski definition) is 0. The Morgan fingerprint density at radius 2 is 1.69 bits per heavy atom. The summed E-state index contributed by atoms with van der Waals surface area (Å²) in [7, 11) is 1.70. The molecule has 1 aliphatic carbocycles. The zero-order chi connectivity index (χ0) is 17.8.